The summed E-state index contributed by atoms with van der Waals surface area (Å²) in [6, 6.07) is 7.95. The molecule has 1 spiro atoms. The molecule has 7 heteroatoms. The first-order valence-corrected chi connectivity index (χ1v) is 10.6. The Morgan fingerprint density at radius 3 is 2.54 bits per heavy atom. The molecule has 1 saturated heterocycles. The second-order valence-electron chi connectivity index (χ2n) is 8.49. The molecule has 0 aliphatic carbocycles. The topological polar surface area (TPSA) is 68.7 Å². The summed E-state index contributed by atoms with van der Waals surface area (Å²) >= 11 is -1.18. The van der Waals surface area contributed by atoms with Crippen molar-refractivity contribution in [3.63, 3.8) is 0 Å². The second kappa shape index (κ2) is 6.69. The predicted octanol–water partition coefficient (Wildman–Crippen LogP) is 3.70. The molecule has 0 saturated carbocycles. The van der Waals surface area contributed by atoms with Gasteiger partial charge in [0.25, 0.3) is 0 Å². The van der Waals surface area contributed by atoms with Crippen LogP contribution in [0.15, 0.2) is 30.3 Å². The predicted molar refractivity (Wildman–Crippen MR) is 107 cm³/mol. The number of fused-ring (bicyclic) bond motifs is 2. The molecule has 0 amide bonds. The molecule has 2 aliphatic heterocycles. The van der Waals surface area contributed by atoms with Crippen LogP contribution in [-0.4, -0.2) is 36.8 Å². The number of nitrogens with zero attached hydrogens (tertiary/aromatic N) is 2. The minimum atomic E-state index is -1.18. The van der Waals surface area contributed by atoms with Crippen LogP contribution in [0.1, 0.15) is 51.5 Å². The summed E-state index contributed by atoms with van der Waals surface area (Å²) in [7, 11) is 0. The van der Waals surface area contributed by atoms with Gasteiger partial charge in [0.15, 0.2) is 5.75 Å². The Morgan fingerprint density at radius 1 is 1.32 bits per heavy atom. The third-order valence-corrected chi connectivity index (χ3v) is 7.41. The fourth-order valence-electron chi connectivity index (χ4n) is 3.79. The largest absolute Gasteiger partial charge is 0.597 e. The number of pyridine rings is 1. The lowest BCUT2D eigenvalue weighted by Crippen LogP contribution is -2.63. The van der Waals surface area contributed by atoms with Gasteiger partial charge in [0.2, 0.25) is 0 Å². The van der Waals surface area contributed by atoms with Crippen LogP contribution in [0, 0.1) is 5.82 Å². The van der Waals surface area contributed by atoms with E-state index in [2.05, 4.69) is 4.98 Å². The van der Waals surface area contributed by atoms with Gasteiger partial charge in [-0.1, -0.05) is 0 Å². The molecule has 1 aromatic heterocycles. The molecular weight excluding hydrogens is 379 g/mol. The maximum absolute atomic E-state index is 13.4. The SMILES string of the molecule is CC(O)c1cc2c(c(-c3ccc(F)cc3)n1)OCC21CCN1[S+]([O-])C(C)(C)C. The molecule has 150 valence electrons. The van der Waals surface area contributed by atoms with Crippen molar-refractivity contribution in [2.45, 2.75) is 50.5 Å². The van der Waals surface area contributed by atoms with E-state index in [1.165, 1.54) is 12.1 Å². The fourth-order valence-corrected chi connectivity index (χ4v) is 5.27. The quantitative estimate of drug-likeness (QED) is 0.790. The summed E-state index contributed by atoms with van der Waals surface area (Å²) < 4.78 is 34.2. The molecule has 4 rings (SSSR count). The van der Waals surface area contributed by atoms with Gasteiger partial charge in [-0.15, -0.1) is 4.31 Å². The van der Waals surface area contributed by atoms with E-state index in [0.29, 0.717) is 23.7 Å². The van der Waals surface area contributed by atoms with Gasteiger partial charge >= 0.3 is 0 Å². The van der Waals surface area contributed by atoms with Crippen molar-refractivity contribution in [1.82, 2.24) is 9.29 Å². The van der Waals surface area contributed by atoms with Crippen LogP contribution in [0.3, 0.4) is 0 Å². The zero-order valence-corrected chi connectivity index (χ0v) is 17.3. The lowest BCUT2D eigenvalue weighted by Gasteiger charge is -2.50. The van der Waals surface area contributed by atoms with Crippen molar-refractivity contribution < 1.29 is 18.8 Å². The van der Waals surface area contributed by atoms with E-state index < -0.39 is 23.0 Å². The van der Waals surface area contributed by atoms with Crippen molar-refractivity contribution in [2.24, 2.45) is 0 Å². The Morgan fingerprint density at radius 2 is 2.00 bits per heavy atom. The maximum atomic E-state index is 13.4. The number of hydrogen-bond acceptors (Lipinski definition) is 5. The van der Waals surface area contributed by atoms with Crippen LogP contribution in [0.5, 0.6) is 5.75 Å². The third-order valence-electron chi connectivity index (χ3n) is 5.43. The summed E-state index contributed by atoms with van der Waals surface area (Å²) in [4.78, 5) is 4.59. The van der Waals surface area contributed by atoms with Gasteiger partial charge in [-0.2, -0.15) is 0 Å². The highest BCUT2D eigenvalue weighted by Gasteiger charge is 2.60. The van der Waals surface area contributed by atoms with Crippen LogP contribution in [0.25, 0.3) is 11.3 Å². The van der Waals surface area contributed by atoms with E-state index in [1.807, 2.05) is 31.1 Å². The summed E-state index contributed by atoms with van der Waals surface area (Å²) in [6.07, 6.45) is 0.0669. The van der Waals surface area contributed by atoms with Gasteiger partial charge < -0.3 is 14.4 Å². The number of halogens is 1. The second-order valence-corrected chi connectivity index (χ2v) is 10.7. The van der Waals surface area contributed by atoms with Crippen molar-refractivity contribution in [3.05, 3.63) is 47.4 Å². The van der Waals surface area contributed by atoms with Gasteiger partial charge in [-0.3, -0.25) is 0 Å². The van der Waals surface area contributed by atoms with E-state index in [0.717, 1.165) is 24.1 Å². The number of aromatic nitrogens is 1. The molecule has 2 aromatic rings. The highest BCUT2D eigenvalue weighted by Crippen LogP contribution is 2.54. The zero-order valence-electron chi connectivity index (χ0n) is 16.5. The van der Waals surface area contributed by atoms with Crippen LogP contribution in [0.2, 0.25) is 0 Å². The smallest absolute Gasteiger partial charge is 0.151 e. The van der Waals surface area contributed by atoms with E-state index in [-0.39, 0.29) is 10.6 Å². The number of benzene rings is 1. The third kappa shape index (κ3) is 3.01. The molecule has 3 atom stereocenters. The number of aliphatic hydroxyl groups excluding tert-OH is 1. The Bertz CT molecular complexity index is 898. The monoisotopic (exact) mass is 404 g/mol. The van der Waals surface area contributed by atoms with Crippen molar-refractivity contribution in [2.75, 3.05) is 13.2 Å². The summed E-state index contributed by atoms with van der Waals surface area (Å²) in [5.74, 6) is 0.307. The molecule has 1 fully saturated rings. The van der Waals surface area contributed by atoms with Crippen molar-refractivity contribution in [1.29, 1.82) is 0 Å². The van der Waals surface area contributed by atoms with Crippen LogP contribution < -0.4 is 4.74 Å². The molecule has 2 aliphatic rings. The molecule has 3 heterocycles. The van der Waals surface area contributed by atoms with E-state index in [4.69, 9.17) is 4.74 Å². The minimum absolute atomic E-state index is 0.324. The summed E-state index contributed by atoms with van der Waals surface area (Å²) in [5, 5.41) is 10.2. The van der Waals surface area contributed by atoms with Crippen molar-refractivity contribution >= 4 is 11.4 Å². The number of rotatable bonds is 3. The van der Waals surface area contributed by atoms with E-state index >= 15 is 0 Å². The average molecular weight is 405 g/mol. The minimum Gasteiger partial charge on any atom is -0.597 e. The highest BCUT2D eigenvalue weighted by molar-refractivity contribution is 7.90. The van der Waals surface area contributed by atoms with Gasteiger partial charge in [0.1, 0.15) is 28.4 Å². The first-order chi connectivity index (χ1) is 13.1. The number of ether oxygens (including phenoxy) is 1. The zero-order chi connectivity index (χ0) is 20.3. The molecule has 1 N–H and O–H groups in total. The summed E-state index contributed by atoms with van der Waals surface area (Å²) in [5.41, 5.74) is 2.26. The van der Waals surface area contributed by atoms with Crippen LogP contribution in [-0.2, 0) is 16.9 Å². The van der Waals surface area contributed by atoms with Gasteiger partial charge in [-0.05, 0) is 64.4 Å². The fraction of sp³-hybridized carbons (Fsp3) is 0.476. The lowest BCUT2D eigenvalue weighted by molar-refractivity contribution is 0.0432. The molecule has 28 heavy (non-hydrogen) atoms. The molecule has 0 bridgehead atoms. The molecule has 0 radical (unpaired) electrons. The van der Waals surface area contributed by atoms with Gasteiger partial charge in [0, 0.05) is 29.0 Å². The molecular formula is C21H25FN2O3S. The van der Waals surface area contributed by atoms with Crippen LogP contribution >= 0.6 is 0 Å². The first kappa shape index (κ1) is 19.6. The summed E-state index contributed by atoms with van der Waals surface area (Å²) in [6.45, 7) is 8.67. The Hall–Kier alpha value is -1.67. The van der Waals surface area contributed by atoms with Crippen molar-refractivity contribution in [3.8, 4) is 17.0 Å². The van der Waals surface area contributed by atoms with E-state index in [9.17, 15) is 14.0 Å². The Balaban J connectivity index is 1.85. The Labute approximate surface area is 167 Å². The number of aliphatic hydroxyl groups is 1. The van der Waals surface area contributed by atoms with Gasteiger partial charge in [-0.25, -0.2) is 9.37 Å². The lowest BCUT2D eigenvalue weighted by atomic mass is 9.82. The molecule has 1 aromatic carbocycles. The number of hydrogen-bond donors (Lipinski definition) is 1. The van der Waals surface area contributed by atoms with Crippen LogP contribution in [0.4, 0.5) is 4.39 Å². The van der Waals surface area contributed by atoms with E-state index in [1.54, 1.807) is 19.1 Å². The normalized spacial score (nSPS) is 23.8. The molecule has 5 nitrogen and oxygen atoms in total. The van der Waals surface area contributed by atoms with Gasteiger partial charge in [0.05, 0.1) is 11.8 Å². The average Bonchev–Trinajstić information content (AvgIpc) is 3.01. The molecule has 3 unspecified atom stereocenters. The Kier molecular flexibility index (Phi) is 4.69. The standard InChI is InChI=1S/C21H25FN2O3S/c1-13(25)17-11-16-19(18(23-17)14-5-7-15(22)8-6-14)27-12-21(16)9-10-24(21)28(26)20(2,3)4/h5-8,11,13,25H,9-10,12H2,1-4H3. The first-order valence-electron chi connectivity index (χ1n) is 9.45. The highest BCUT2D eigenvalue weighted by atomic mass is 32.2. The maximum Gasteiger partial charge on any atom is 0.151 e.